The first-order valence-electron chi connectivity index (χ1n) is 6.46. The molecule has 0 aromatic carbocycles. The van der Waals surface area contributed by atoms with Crippen LogP contribution < -0.4 is 5.32 Å². The summed E-state index contributed by atoms with van der Waals surface area (Å²) in [5.41, 5.74) is 1.94. The van der Waals surface area contributed by atoms with Crippen molar-refractivity contribution in [1.29, 1.82) is 0 Å². The van der Waals surface area contributed by atoms with Crippen LogP contribution in [-0.2, 0) is 7.05 Å². The van der Waals surface area contributed by atoms with Crippen molar-refractivity contribution >= 4 is 17.8 Å². The Bertz CT molecular complexity index is 603. The van der Waals surface area contributed by atoms with Crippen molar-refractivity contribution in [2.24, 2.45) is 12.0 Å². The minimum atomic E-state index is -0.159. The van der Waals surface area contributed by atoms with Crippen LogP contribution in [-0.4, -0.2) is 33.4 Å². The average molecular weight is 271 g/mol. The molecule has 2 aromatic rings. The van der Waals surface area contributed by atoms with Crippen LogP contribution in [0.3, 0.4) is 0 Å². The Hall–Kier alpha value is -2.50. The molecule has 0 radical (unpaired) electrons. The van der Waals surface area contributed by atoms with Gasteiger partial charge in [0.15, 0.2) is 5.69 Å². The van der Waals surface area contributed by atoms with Crippen molar-refractivity contribution in [3.63, 3.8) is 0 Å². The number of nitrogens with zero attached hydrogens (tertiary/aromatic N) is 4. The molecule has 0 fully saturated rings. The second kappa shape index (κ2) is 6.60. The molecule has 0 aliphatic carbocycles. The molecule has 0 aliphatic rings. The first-order chi connectivity index (χ1) is 9.72. The van der Waals surface area contributed by atoms with E-state index in [0.717, 1.165) is 12.0 Å². The van der Waals surface area contributed by atoms with Gasteiger partial charge < -0.3 is 5.32 Å². The summed E-state index contributed by atoms with van der Waals surface area (Å²) in [6, 6.07) is 3.69. The molecule has 2 heterocycles. The second-order valence-electron chi connectivity index (χ2n) is 4.30. The van der Waals surface area contributed by atoms with E-state index in [4.69, 9.17) is 0 Å². The van der Waals surface area contributed by atoms with Gasteiger partial charge in [0.1, 0.15) is 5.69 Å². The molecule has 2 aromatic heterocycles. The van der Waals surface area contributed by atoms with Crippen LogP contribution in [0.1, 0.15) is 29.4 Å². The Kier molecular flexibility index (Phi) is 4.60. The molecular formula is C14H17N5O. The van der Waals surface area contributed by atoms with Gasteiger partial charge in [-0.3, -0.25) is 19.5 Å². The molecule has 0 spiro atoms. The molecule has 6 heteroatoms. The lowest BCUT2D eigenvalue weighted by Crippen LogP contribution is -2.26. The third-order valence-electron chi connectivity index (χ3n) is 2.73. The van der Waals surface area contributed by atoms with E-state index in [1.807, 2.05) is 19.1 Å². The molecule has 0 saturated heterocycles. The van der Waals surface area contributed by atoms with E-state index in [-0.39, 0.29) is 5.91 Å². The van der Waals surface area contributed by atoms with Crippen LogP contribution in [0.2, 0.25) is 0 Å². The number of aryl methyl sites for hydroxylation is 1. The zero-order valence-electron chi connectivity index (χ0n) is 11.6. The zero-order chi connectivity index (χ0) is 14.4. The van der Waals surface area contributed by atoms with Crippen molar-refractivity contribution in [1.82, 2.24) is 20.1 Å². The number of hydrogen-bond acceptors (Lipinski definition) is 4. The van der Waals surface area contributed by atoms with E-state index >= 15 is 0 Å². The number of aromatic nitrogens is 3. The predicted molar refractivity (Wildman–Crippen MR) is 77.3 cm³/mol. The highest BCUT2D eigenvalue weighted by Gasteiger charge is 2.15. The molecule has 0 unspecified atom stereocenters. The summed E-state index contributed by atoms with van der Waals surface area (Å²) < 4.78 is 1.53. The quantitative estimate of drug-likeness (QED) is 0.841. The number of pyridine rings is 1. The molecular weight excluding hydrogens is 254 g/mol. The van der Waals surface area contributed by atoms with E-state index in [0.29, 0.717) is 17.9 Å². The van der Waals surface area contributed by atoms with Gasteiger partial charge in [0.2, 0.25) is 0 Å². The zero-order valence-corrected chi connectivity index (χ0v) is 11.6. The molecule has 2 rings (SSSR count). The summed E-state index contributed by atoms with van der Waals surface area (Å²) in [6.45, 7) is 2.64. The number of carbonyl (C=O) groups is 1. The van der Waals surface area contributed by atoms with Gasteiger partial charge >= 0.3 is 0 Å². The summed E-state index contributed by atoms with van der Waals surface area (Å²) in [5, 5.41) is 6.92. The van der Waals surface area contributed by atoms with Gasteiger partial charge in [0.25, 0.3) is 5.91 Å². The Labute approximate surface area is 117 Å². The molecule has 0 saturated carbocycles. The van der Waals surface area contributed by atoms with Crippen LogP contribution >= 0.6 is 0 Å². The van der Waals surface area contributed by atoms with Crippen LogP contribution in [0.4, 0.5) is 5.69 Å². The highest BCUT2D eigenvalue weighted by atomic mass is 16.2. The summed E-state index contributed by atoms with van der Waals surface area (Å²) >= 11 is 0. The van der Waals surface area contributed by atoms with Gasteiger partial charge in [0.05, 0.1) is 6.20 Å². The van der Waals surface area contributed by atoms with Crippen LogP contribution in [0.15, 0.2) is 35.7 Å². The normalized spacial score (nSPS) is 10.9. The fourth-order valence-corrected chi connectivity index (χ4v) is 1.70. The number of hydrogen-bond donors (Lipinski definition) is 1. The maximum Gasteiger partial charge on any atom is 0.271 e. The molecule has 0 bridgehead atoms. The fourth-order valence-electron chi connectivity index (χ4n) is 1.70. The third-order valence-corrected chi connectivity index (χ3v) is 2.73. The maximum atomic E-state index is 12.1. The third kappa shape index (κ3) is 3.28. The molecule has 1 N–H and O–H groups in total. The largest absolute Gasteiger partial charge is 0.351 e. The van der Waals surface area contributed by atoms with Crippen molar-refractivity contribution < 1.29 is 4.79 Å². The average Bonchev–Trinajstić information content (AvgIpc) is 2.85. The molecule has 6 nitrogen and oxygen atoms in total. The van der Waals surface area contributed by atoms with Crippen molar-refractivity contribution in [2.75, 3.05) is 6.54 Å². The Morgan fingerprint density at radius 2 is 2.20 bits per heavy atom. The van der Waals surface area contributed by atoms with Gasteiger partial charge in [-0.1, -0.05) is 6.92 Å². The Balaban J connectivity index is 2.21. The lowest BCUT2D eigenvalue weighted by Gasteiger charge is -2.04. The summed E-state index contributed by atoms with van der Waals surface area (Å²) in [4.78, 5) is 20.3. The number of rotatable bonds is 5. The maximum absolute atomic E-state index is 12.1. The van der Waals surface area contributed by atoms with Crippen molar-refractivity contribution in [3.8, 4) is 0 Å². The smallest absolute Gasteiger partial charge is 0.271 e. The highest BCUT2D eigenvalue weighted by Crippen LogP contribution is 2.17. The first kappa shape index (κ1) is 13.9. The van der Waals surface area contributed by atoms with Crippen molar-refractivity contribution in [3.05, 3.63) is 42.0 Å². The number of carbonyl (C=O) groups excluding carboxylic acids is 1. The molecule has 20 heavy (non-hydrogen) atoms. The van der Waals surface area contributed by atoms with E-state index < -0.39 is 0 Å². The minimum absolute atomic E-state index is 0.159. The molecule has 0 atom stereocenters. The van der Waals surface area contributed by atoms with Crippen LogP contribution in [0, 0.1) is 0 Å². The number of amides is 1. The van der Waals surface area contributed by atoms with E-state index in [9.17, 15) is 4.79 Å². The Morgan fingerprint density at radius 1 is 1.45 bits per heavy atom. The van der Waals surface area contributed by atoms with Gasteiger partial charge in [-0.05, 0) is 24.1 Å². The van der Waals surface area contributed by atoms with Crippen molar-refractivity contribution in [2.45, 2.75) is 13.3 Å². The molecule has 104 valence electrons. The first-order valence-corrected chi connectivity index (χ1v) is 6.46. The summed E-state index contributed by atoms with van der Waals surface area (Å²) in [5.74, 6) is -0.159. The molecule has 0 aliphatic heterocycles. The lowest BCUT2D eigenvalue weighted by molar-refractivity contribution is 0.0945. The number of nitrogens with one attached hydrogen (secondary N) is 1. The highest BCUT2D eigenvalue weighted by molar-refractivity contribution is 5.98. The van der Waals surface area contributed by atoms with Crippen LogP contribution in [0.25, 0.3) is 0 Å². The molecule has 1 amide bonds. The predicted octanol–water partition coefficient (Wildman–Crippen LogP) is 1.71. The Morgan fingerprint density at radius 3 is 2.90 bits per heavy atom. The SMILES string of the molecule is CCCNC(=O)c1c(N=Cc2ccncc2)cnn1C. The van der Waals surface area contributed by atoms with Crippen LogP contribution in [0.5, 0.6) is 0 Å². The minimum Gasteiger partial charge on any atom is -0.351 e. The van der Waals surface area contributed by atoms with Gasteiger partial charge in [-0.25, -0.2) is 0 Å². The standard InChI is InChI=1S/C14H17N5O/c1-3-6-16-14(20)13-12(10-18-19(13)2)17-9-11-4-7-15-8-5-11/h4-5,7-10H,3,6H2,1-2H3,(H,16,20). The van der Waals surface area contributed by atoms with E-state index in [1.165, 1.54) is 4.68 Å². The van der Waals surface area contributed by atoms with Gasteiger partial charge in [-0.15, -0.1) is 0 Å². The van der Waals surface area contributed by atoms with E-state index in [2.05, 4.69) is 20.4 Å². The number of aliphatic imine (C=N–C) groups is 1. The van der Waals surface area contributed by atoms with Gasteiger partial charge in [0, 0.05) is 32.2 Å². The van der Waals surface area contributed by atoms with Gasteiger partial charge in [-0.2, -0.15) is 5.10 Å². The summed E-state index contributed by atoms with van der Waals surface area (Å²) in [6.07, 6.45) is 7.55. The lowest BCUT2D eigenvalue weighted by atomic mass is 10.3. The topological polar surface area (TPSA) is 72.2 Å². The fraction of sp³-hybridized carbons (Fsp3) is 0.286. The summed E-state index contributed by atoms with van der Waals surface area (Å²) in [7, 11) is 1.73. The van der Waals surface area contributed by atoms with E-state index in [1.54, 1.807) is 31.9 Å². The monoisotopic (exact) mass is 271 g/mol. The second-order valence-corrected chi connectivity index (χ2v) is 4.30.